The van der Waals surface area contributed by atoms with Crippen molar-refractivity contribution in [2.45, 2.75) is 19.6 Å². The zero-order chi connectivity index (χ0) is 28.1. The molecule has 0 aliphatic heterocycles. The van der Waals surface area contributed by atoms with Crippen molar-refractivity contribution in [3.8, 4) is 22.4 Å². The topological polar surface area (TPSA) is 88.3 Å². The molecule has 0 atom stereocenters. The van der Waals surface area contributed by atoms with Crippen molar-refractivity contribution in [3.05, 3.63) is 114 Å². The molecule has 1 N–H and O–H groups in total. The number of rotatable bonds is 7. The third-order valence-electron chi connectivity index (χ3n) is 5.90. The number of hydrogen-bond acceptors (Lipinski definition) is 7. The number of aryl methyl sites for hydroxylation is 1. The summed E-state index contributed by atoms with van der Waals surface area (Å²) in [5.41, 5.74) is 3.68. The van der Waals surface area contributed by atoms with Gasteiger partial charge in [0.15, 0.2) is 5.82 Å². The molecule has 2 aromatic carbocycles. The molecule has 200 valence electrons. The van der Waals surface area contributed by atoms with Gasteiger partial charge in [-0.3, -0.25) is 9.97 Å². The molecule has 5 aromatic rings. The lowest BCUT2D eigenvalue weighted by molar-refractivity contribution is -0.137. The highest BCUT2D eigenvalue weighted by Crippen LogP contribution is 2.32. The molecule has 0 fully saturated rings. The Balaban J connectivity index is 1.29. The minimum atomic E-state index is -4.43. The Morgan fingerprint density at radius 3 is 2.38 bits per heavy atom. The number of halogens is 4. The molecule has 3 aromatic heterocycles. The molecule has 0 saturated carbocycles. The van der Waals surface area contributed by atoms with E-state index in [9.17, 15) is 17.6 Å². The van der Waals surface area contributed by atoms with Gasteiger partial charge in [-0.2, -0.15) is 18.3 Å². The molecule has 3 heterocycles. The second-order valence-electron chi connectivity index (χ2n) is 8.79. The average molecular weight is 544 g/mol. The van der Waals surface area contributed by atoms with E-state index >= 15 is 0 Å². The average Bonchev–Trinajstić information content (AvgIpc) is 2.95. The zero-order valence-corrected chi connectivity index (χ0v) is 21.1. The van der Waals surface area contributed by atoms with Gasteiger partial charge in [0.1, 0.15) is 12.2 Å². The Morgan fingerprint density at radius 1 is 0.800 bits per heavy atom. The molecule has 0 unspecified atom stereocenters. The minimum absolute atomic E-state index is 0.0259. The van der Waals surface area contributed by atoms with Gasteiger partial charge in [-0.1, -0.05) is 36.4 Å². The summed E-state index contributed by atoms with van der Waals surface area (Å²) in [7, 11) is 0. The molecule has 0 bridgehead atoms. The number of azo groups is 1. The monoisotopic (exact) mass is 543 g/mol. The summed E-state index contributed by atoms with van der Waals surface area (Å²) < 4.78 is 53.6. The molecule has 5 rings (SSSR count). The van der Waals surface area contributed by atoms with Gasteiger partial charge in [0, 0.05) is 29.2 Å². The smallest absolute Gasteiger partial charge is 0.354 e. The molecule has 40 heavy (non-hydrogen) atoms. The van der Waals surface area contributed by atoms with Crippen molar-refractivity contribution in [3.63, 3.8) is 0 Å². The lowest BCUT2D eigenvalue weighted by atomic mass is 10.0. The van der Waals surface area contributed by atoms with E-state index in [4.69, 9.17) is 0 Å². The van der Waals surface area contributed by atoms with Crippen LogP contribution in [0.3, 0.4) is 0 Å². The fourth-order valence-corrected chi connectivity index (χ4v) is 3.91. The first-order chi connectivity index (χ1) is 19.3. The molecule has 0 saturated heterocycles. The lowest BCUT2D eigenvalue weighted by Gasteiger charge is -2.11. The molecule has 0 radical (unpaired) electrons. The Bertz CT molecular complexity index is 1670. The SMILES string of the molecule is Cc1cc(Nc2cccc(C(F)(F)F)c2)cnc1CN=Nc1ncc(F)c(-c2cncc(-c3ccccc3)c2)n1. The first-order valence-corrected chi connectivity index (χ1v) is 12.1. The van der Waals surface area contributed by atoms with E-state index in [1.165, 1.54) is 24.5 Å². The standard InChI is InChI=1S/C29H21F4N7/c1-18-10-24(38-23-9-5-8-22(12-23)29(31,32)33)15-35-26(18)17-37-40-28-36-16-25(30)27(39-28)21-11-20(13-34-14-21)19-6-3-2-4-7-19/h2-16,38H,17H2,1H3. The summed E-state index contributed by atoms with van der Waals surface area (Å²) in [6, 6.07) is 18.0. The number of hydrogen-bond donors (Lipinski definition) is 1. The van der Waals surface area contributed by atoms with Gasteiger partial charge in [0.25, 0.3) is 5.95 Å². The molecule has 7 nitrogen and oxygen atoms in total. The van der Waals surface area contributed by atoms with Crippen molar-refractivity contribution >= 4 is 17.3 Å². The summed E-state index contributed by atoms with van der Waals surface area (Å²) in [6.45, 7) is 1.89. The fraction of sp³-hybridized carbons (Fsp3) is 0.103. The second kappa shape index (κ2) is 11.4. The van der Waals surface area contributed by atoms with Crippen molar-refractivity contribution in [1.82, 2.24) is 19.9 Å². The van der Waals surface area contributed by atoms with Gasteiger partial charge in [-0.05, 0) is 48.4 Å². The van der Waals surface area contributed by atoms with Crippen molar-refractivity contribution in [1.29, 1.82) is 0 Å². The first-order valence-electron chi connectivity index (χ1n) is 12.1. The van der Waals surface area contributed by atoms with Gasteiger partial charge in [0.05, 0.1) is 29.3 Å². The lowest BCUT2D eigenvalue weighted by Crippen LogP contribution is -2.05. The highest BCUT2D eigenvalue weighted by Gasteiger charge is 2.30. The third kappa shape index (κ3) is 6.32. The summed E-state index contributed by atoms with van der Waals surface area (Å²) in [5.74, 6) is -0.644. The minimum Gasteiger partial charge on any atom is -0.354 e. The van der Waals surface area contributed by atoms with Gasteiger partial charge >= 0.3 is 6.18 Å². The highest BCUT2D eigenvalue weighted by atomic mass is 19.4. The van der Waals surface area contributed by atoms with Crippen LogP contribution in [-0.4, -0.2) is 19.9 Å². The predicted molar refractivity (Wildman–Crippen MR) is 143 cm³/mol. The van der Waals surface area contributed by atoms with E-state index in [1.54, 1.807) is 25.3 Å². The van der Waals surface area contributed by atoms with Crippen LogP contribution in [0, 0.1) is 12.7 Å². The van der Waals surface area contributed by atoms with Gasteiger partial charge in [0.2, 0.25) is 0 Å². The number of nitrogens with zero attached hydrogens (tertiary/aromatic N) is 6. The predicted octanol–water partition coefficient (Wildman–Crippen LogP) is 8.09. The number of pyridine rings is 2. The van der Waals surface area contributed by atoms with Crippen LogP contribution >= 0.6 is 0 Å². The third-order valence-corrected chi connectivity index (χ3v) is 5.90. The number of nitrogens with one attached hydrogen (secondary N) is 1. The van der Waals surface area contributed by atoms with E-state index in [-0.39, 0.29) is 23.9 Å². The van der Waals surface area contributed by atoms with Crippen LogP contribution in [0.5, 0.6) is 0 Å². The van der Waals surface area contributed by atoms with Crippen molar-refractivity contribution in [2.24, 2.45) is 10.2 Å². The van der Waals surface area contributed by atoms with E-state index < -0.39 is 17.6 Å². The molecule has 0 aliphatic rings. The van der Waals surface area contributed by atoms with Crippen LogP contribution in [0.15, 0.2) is 102 Å². The van der Waals surface area contributed by atoms with E-state index in [0.29, 0.717) is 16.9 Å². The number of aromatic nitrogens is 4. The van der Waals surface area contributed by atoms with Crippen LogP contribution < -0.4 is 5.32 Å². The van der Waals surface area contributed by atoms with E-state index in [2.05, 4.69) is 35.5 Å². The van der Waals surface area contributed by atoms with E-state index in [1.807, 2.05) is 30.3 Å². The van der Waals surface area contributed by atoms with Gasteiger partial charge in [-0.15, -0.1) is 5.11 Å². The van der Waals surface area contributed by atoms with Crippen molar-refractivity contribution < 1.29 is 17.6 Å². The Labute approximate surface area is 226 Å². The Morgan fingerprint density at radius 2 is 1.60 bits per heavy atom. The van der Waals surface area contributed by atoms with E-state index in [0.717, 1.165) is 35.0 Å². The van der Waals surface area contributed by atoms with Crippen LogP contribution in [-0.2, 0) is 12.7 Å². The zero-order valence-electron chi connectivity index (χ0n) is 21.1. The second-order valence-corrected chi connectivity index (χ2v) is 8.79. The number of benzene rings is 2. The van der Waals surface area contributed by atoms with Crippen LogP contribution in [0.25, 0.3) is 22.4 Å². The molecule has 11 heteroatoms. The van der Waals surface area contributed by atoms with Gasteiger partial charge in [-0.25, -0.2) is 14.4 Å². The number of anilines is 2. The molecule has 0 aliphatic carbocycles. The molecule has 0 spiro atoms. The van der Waals surface area contributed by atoms with Crippen LogP contribution in [0.1, 0.15) is 16.8 Å². The highest BCUT2D eigenvalue weighted by molar-refractivity contribution is 5.70. The number of alkyl halides is 3. The largest absolute Gasteiger partial charge is 0.416 e. The summed E-state index contributed by atoms with van der Waals surface area (Å²) in [5, 5.41) is 11.1. The maximum absolute atomic E-state index is 14.6. The molecule has 0 amide bonds. The summed E-state index contributed by atoms with van der Waals surface area (Å²) >= 11 is 0. The Kier molecular flexibility index (Phi) is 7.54. The van der Waals surface area contributed by atoms with Crippen LogP contribution in [0.2, 0.25) is 0 Å². The van der Waals surface area contributed by atoms with Crippen LogP contribution in [0.4, 0.5) is 34.9 Å². The first kappa shape index (κ1) is 26.5. The normalized spacial score (nSPS) is 11.6. The summed E-state index contributed by atoms with van der Waals surface area (Å²) in [4.78, 5) is 16.7. The maximum Gasteiger partial charge on any atom is 0.416 e. The summed E-state index contributed by atoms with van der Waals surface area (Å²) in [6.07, 6.45) is 1.30. The molecular weight excluding hydrogens is 522 g/mol. The van der Waals surface area contributed by atoms with Gasteiger partial charge < -0.3 is 5.32 Å². The fourth-order valence-electron chi connectivity index (χ4n) is 3.91. The molecular formula is C29H21F4N7. The quantitative estimate of drug-likeness (QED) is 0.166. The Hall–Kier alpha value is -5.06. The maximum atomic E-state index is 14.6. The van der Waals surface area contributed by atoms with Crippen molar-refractivity contribution in [2.75, 3.05) is 5.32 Å².